The molecule has 2 unspecified atom stereocenters. The van der Waals surface area contributed by atoms with Crippen molar-refractivity contribution in [3.63, 3.8) is 0 Å². The number of hydrogen-bond donors (Lipinski definition) is 3. The van der Waals surface area contributed by atoms with E-state index in [0.29, 0.717) is 0 Å². The molecule has 0 aliphatic rings. The van der Waals surface area contributed by atoms with E-state index in [0.717, 1.165) is 11.3 Å². The Balaban J connectivity index is 2.94. The second kappa shape index (κ2) is 4.41. The molecule has 0 aromatic carbocycles. The van der Waals surface area contributed by atoms with Crippen LogP contribution in [0.15, 0.2) is 0 Å². The summed E-state index contributed by atoms with van der Waals surface area (Å²) in [6.07, 6.45) is -3.56. The quantitative estimate of drug-likeness (QED) is 0.750. The number of thiazole rings is 1. The van der Waals surface area contributed by atoms with Crippen LogP contribution in [0.4, 0.5) is 0 Å². The van der Waals surface area contributed by atoms with Crippen molar-refractivity contribution in [1.82, 2.24) is 4.98 Å². The SMILES string of the molecule is O=C(O)C(O)C(O)c1sc(Cl)nc1Cl. The highest BCUT2D eigenvalue weighted by Gasteiger charge is 2.29. The molecule has 0 fully saturated rings. The van der Waals surface area contributed by atoms with E-state index < -0.39 is 18.2 Å². The van der Waals surface area contributed by atoms with Gasteiger partial charge in [0.2, 0.25) is 0 Å². The predicted octanol–water partition coefficient (Wildman–Crippen LogP) is 0.929. The summed E-state index contributed by atoms with van der Waals surface area (Å²) in [5.74, 6) is -1.54. The first-order chi connectivity index (χ1) is 6.43. The Morgan fingerprint density at radius 3 is 2.36 bits per heavy atom. The lowest BCUT2D eigenvalue weighted by Gasteiger charge is -2.11. The zero-order valence-electron chi connectivity index (χ0n) is 6.52. The number of aliphatic carboxylic acids is 1. The predicted molar refractivity (Wildman–Crippen MR) is 50.7 cm³/mol. The number of aliphatic hydroxyl groups is 2. The summed E-state index contributed by atoms with van der Waals surface area (Å²) in [6.45, 7) is 0. The van der Waals surface area contributed by atoms with E-state index in [-0.39, 0.29) is 14.5 Å². The number of aliphatic hydroxyl groups excluding tert-OH is 2. The Bertz CT molecular complexity index is 356. The number of carboxylic acids is 1. The lowest BCUT2D eigenvalue weighted by atomic mass is 10.2. The number of aromatic nitrogens is 1. The molecule has 1 aromatic heterocycles. The molecule has 0 amide bonds. The van der Waals surface area contributed by atoms with Crippen molar-refractivity contribution in [2.45, 2.75) is 12.2 Å². The fourth-order valence-corrected chi connectivity index (χ4v) is 2.19. The lowest BCUT2D eigenvalue weighted by Crippen LogP contribution is -2.27. The van der Waals surface area contributed by atoms with Crippen molar-refractivity contribution in [3.8, 4) is 0 Å². The molecule has 1 rings (SSSR count). The standard InChI is InChI=1S/C6H5Cl2NO4S/c7-4-3(14-6(8)9-4)1(10)2(11)5(12)13/h1-2,10-11H,(H,12,13). The van der Waals surface area contributed by atoms with E-state index in [1.54, 1.807) is 0 Å². The van der Waals surface area contributed by atoms with Crippen molar-refractivity contribution in [2.24, 2.45) is 0 Å². The monoisotopic (exact) mass is 257 g/mol. The van der Waals surface area contributed by atoms with Gasteiger partial charge in [0.05, 0.1) is 4.88 Å². The molecule has 0 aliphatic carbocycles. The molecule has 2 atom stereocenters. The fraction of sp³-hybridized carbons (Fsp3) is 0.333. The van der Waals surface area contributed by atoms with E-state index in [4.69, 9.17) is 33.4 Å². The minimum Gasteiger partial charge on any atom is -0.479 e. The van der Waals surface area contributed by atoms with Gasteiger partial charge < -0.3 is 15.3 Å². The summed E-state index contributed by atoms with van der Waals surface area (Å²) < 4.78 is 0.0710. The van der Waals surface area contributed by atoms with Crippen LogP contribution in [-0.2, 0) is 4.79 Å². The molecule has 0 spiro atoms. The molecule has 8 heteroatoms. The number of nitrogens with zero attached hydrogens (tertiary/aromatic N) is 1. The molecule has 0 radical (unpaired) electrons. The second-order valence-electron chi connectivity index (χ2n) is 2.35. The van der Waals surface area contributed by atoms with Crippen LogP contribution < -0.4 is 0 Å². The maximum Gasteiger partial charge on any atom is 0.335 e. The summed E-state index contributed by atoms with van der Waals surface area (Å²) in [4.78, 5) is 13.9. The maximum absolute atomic E-state index is 10.3. The third-order valence-corrected chi connectivity index (χ3v) is 3.03. The Morgan fingerprint density at radius 1 is 1.43 bits per heavy atom. The highest BCUT2D eigenvalue weighted by molar-refractivity contribution is 7.16. The van der Waals surface area contributed by atoms with Crippen LogP contribution in [0.1, 0.15) is 11.0 Å². The van der Waals surface area contributed by atoms with E-state index in [9.17, 15) is 9.90 Å². The largest absolute Gasteiger partial charge is 0.479 e. The van der Waals surface area contributed by atoms with Crippen molar-refractivity contribution >= 4 is 40.5 Å². The third kappa shape index (κ3) is 2.34. The molecular formula is C6H5Cl2NO4S. The van der Waals surface area contributed by atoms with Crippen LogP contribution in [0.2, 0.25) is 9.62 Å². The first-order valence-electron chi connectivity index (χ1n) is 3.34. The molecule has 78 valence electrons. The van der Waals surface area contributed by atoms with E-state index in [1.807, 2.05) is 0 Å². The van der Waals surface area contributed by atoms with Gasteiger partial charge in [-0.2, -0.15) is 0 Å². The van der Waals surface area contributed by atoms with Crippen LogP contribution in [-0.4, -0.2) is 32.4 Å². The van der Waals surface area contributed by atoms with Crippen molar-refractivity contribution in [1.29, 1.82) is 0 Å². The molecule has 0 bridgehead atoms. The van der Waals surface area contributed by atoms with Crippen LogP contribution in [0.25, 0.3) is 0 Å². The number of carboxylic acid groups (broad SMARTS) is 1. The molecule has 5 nitrogen and oxygen atoms in total. The van der Waals surface area contributed by atoms with Crippen molar-refractivity contribution < 1.29 is 20.1 Å². The topological polar surface area (TPSA) is 90.7 Å². The summed E-state index contributed by atoms with van der Waals surface area (Å²) in [5.41, 5.74) is 0. The number of carbonyl (C=O) groups is 1. The van der Waals surface area contributed by atoms with Gasteiger partial charge in [-0.25, -0.2) is 9.78 Å². The maximum atomic E-state index is 10.3. The van der Waals surface area contributed by atoms with E-state index in [2.05, 4.69) is 4.98 Å². The number of hydrogen-bond acceptors (Lipinski definition) is 5. The fourth-order valence-electron chi connectivity index (χ4n) is 0.749. The molecule has 1 aromatic rings. The molecule has 0 aliphatic heterocycles. The Kier molecular flexibility index (Phi) is 3.68. The summed E-state index contributed by atoms with van der Waals surface area (Å²) in [6, 6.07) is 0. The van der Waals surface area contributed by atoms with Gasteiger partial charge in [-0.1, -0.05) is 23.2 Å². The van der Waals surface area contributed by atoms with Gasteiger partial charge in [0.25, 0.3) is 0 Å². The molecule has 0 saturated heterocycles. The van der Waals surface area contributed by atoms with Gasteiger partial charge in [0, 0.05) is 0 Å². The first-order valence-corrected chi connectivity index (χ1v) is 4.91. The zero-order valence-corrected chi connectivity index (χ0v) is 8.84. The summed E-state index contributed by atoms with van der Waals surface area (Å²) >= 11 is 11.8. The van der Waals surface area contributed by atoms with Gasteiger partial charge in [-0.15, -0.1) is 11.3 Å². The average Bonchev–Trinajstić information content (AvgIpc) is 2.42. The summed E-state index contributed by atoms with van der Waals surface area (Å²) in [5, 5.41) is 26.7. The van der Waals surface area contributed by atoms with Gasteiger partial charge in [-0.3, -0.25) is 0 Å². The van der Waals surface area contributed by atoms with E-state index in [1.165, 1.54) is 0 Å². The molecule has 1 heterocycles. The first kappa shape index (κ1) is 11.7. The summed E-state index contributed by atoms with van der Waals surface area (Å²) in [7, 11) is 0. The third-order valence-electron chi connectivity index (χ3n) is 1.40. The van der Waals surface area contributed by atoms with Crippen LogP contribution in [0.3, 0.4) is 0 Å². The van der Waals surface area contributed by atoms with Crippen molar-refractivity contribution in [3.05, 3.63) is 14.5 Å². The number of rotatable bonds is 3. The van der Waals surface area contributed by atoms with E-state index >= 15 is 0 Å². The highest BCUT2D eigenvalue weighted by atomic mass is 35.5. The Hall–Kier alpha value is -0.400. The van der Waals surface area contributed by atoms with Crippen LogP contribution >= 0.6 is 34.5 Å². The molecule has 0 saturated carbocycles. The Morgan fingerprint density at radius 2 is 2.00 bits per heavy atom. The lowest BCUT2D eigenvalue weighted by molar-refractivity contribution is -0.152. The minimum absolute atomic E-state index is 0.0339. The van der Waals surface area contributed by atoms with Gasteiger partial charge in [-0.05, 0) is 0 Å². The average molecular weight is 258 g/mol. The highest BCUT2D eigenvalue weighted by Crippen LogP contribution is 2.33. The van der Waals surface area contributed by atoms with Gasteiger partial charge in [0.15, 0.2) is 10.6 Å². The molecular weight excluding hydrogens is 253 g/mol. The number of halogens is 2. The molecule has 3 N–H and O–H groups in total. The van der Waals surface area contributed by atoms with Gasteiger partial charge in [0.1, 0.15) is 11.3 Å². The van der Waals surface area contributed by atoms with Gasteiger partial charge >= 0.3 is 5.97 Å². The van der Waals surface area contributed by atoms with Crippen LogP contribution in [0, 0.1) is 0 Å². The Labute approximate surface area is 92.5 Å². The second-order valence-corrected chi connectivity index (χ2v) is 4.32. The minimum atomic E-state index is -1.94. The van der Waals surface area contributed by atoms with Crippen molar-refractivity contribution in [2.75, 3.05) is 0 Å². The van der Waals surface area contributed by atoms with Crippen LogP contribution in [0.5, 0.6) is 0 Å². The normalized spacial score (nSPS) is 15.1. The zero-order chi connectivity index (χ0) is 10.9. The smallest absolute Gasteiger partial charge is 0.335 e. The molecule has 14 heavy (non-hydrogen) atoms.